The fraction of sp³-hybridized carbons (Fsp3) is 0.846. The Labute approximate surface area is 90.0 Å². The van der Waals surface area contributed by atoms with Gasteiger partial charge in [0.15, 0.2) is 0 Å². The molecule has 0 spiro atoms. The Kier molecular flexibility index (Phi) is 6.10. The average molecular weight is 197 g/mol. The second-order valence-corrected chi connectivity index (χ2v) is 5.35. The first-order valence-electron chi connectivity index (χ1n) is 5.70. The zero-order valence-corrected chi connectivity index (χ0v) is 10.6. The van der Waals surface area contributed by atoms with Crippen LogP contribution in [0, 0.1) is 11.3 Å². The molecule has 0 amide bonds. The van der Waals surface area contributed by atoms with Gasteiger partial charge in [-0.25, -0.2) is 0 Å². The number of rotatable bonds is 6. The van der Waals surface area contributed by atoms with Gasteiger partial charge < -0.3 is 5.32 Å². The minimum atomic E-state index is 0.420. The number of allylic oxidation sites excluding steroid dienone is 1. The quantitative estimate of drug-likeness (QED) is 0.641. The summed E-state index contributed by atoms with van der Waals surface area (Å²) in [6.07, 6.45) is 5.59. The fourth-order valence-electron chi connectivity index (χ4n) is 1.48. The highest BCUT2D eigenvalue weighted by atomic mass is 14.9. The number of hydrogen-bond acceptors (Lipinski definition) is 1. The minimum Gasteiger partial charge on any atom is -0.317 e. The van der Waals surface area contributed by atoms with Crippen molar-refractivity contribution in [1.29, 1.82) is 0 Å². The first-order valence-corrected chi connectivity index (χ1v) is 5.70. The molecule has 0 saturated carbocycles. The second kappa shape index (κ2) is 6.23. The van der Waals surface area contributed by atoms with Crippen molar-refractivity contribution in [3.05, 3.63) is 12.7 Å². The van der Waals surface area contributed by atoms with E-state index in [2.05, 4.69) is 46.6 Å². The molecular weight excluding hydrogens is 170 g/mol. The SMILES string of the molecule is C=CCCC(CC(C)C(C)(C)C)NC. The first-order chi connectivity index (χ1) is 6.41. The predicted octanol–water partition coefficient (Wildman–Crippen LogP) is 3.61. The van der Waals surface area contributed by atoms with Crippen molar-refractivity contribution in [2.45, 2.75) is 53.0 Å². The highest BCUT2D eigenvalue weighted by molar-refractivity contribution is 4.78. The molecule has 2 atom stereocenters. The Bertz CT molecular complexity index is 155. The highest BCUT2D eigenvalue weighted by Gasteiger charge is 2.22. The maximum atomic E-state index is 3.77. The van der Waals surface area contributed by atoms with Crippen molar-refractivity contribution in [1.82, 2.24) is 5.32 Å². The van der Waals surface area contributed by atoms with Crippen molar-refractivity contribution in [2.75, 3.05) is 7.05 Å². The molecule has 0 aliphatic heterocycles. The van der Waals surface area contributed by atoms with Crippen LogP contribution >= 0.6 is 0 Å². The lowest BCUT2D eigenvalue weighted by molar-refractivity contribution is 0.222. The van der Waals surface area contributed by atoms with Crippen molar-refractivity contribution in [3.8, 4) is 0 Å². The van der Waals surface area contributed by atoms with Crippen molar-refractivity contribution in [3.63, 3.8) is 0 Å². The van der Waals surface area contributed by atoms with Gasteiger partial charge in [0, 0.05) is 6.04 Å². The van der Waals surface area contributed by atoms with E-state index in [0.29, 0.717) is 11.5 Å². The molecule has 0 aromatic carbocycles. The molecule has 14 heavy (non-hydrogen) atoms. The molecule has 0 bridgehead atoms. The molecule has 0 aromatic rings. The lowest BCUT2D eigenvalue weighted by Gasteiger charge is -2.30. The molecule has 84 valence electrons. The summed E-state index contributed by atoms with van der Waals surface area (Å²) in [5, 5.41) is 3.39. The van der Waals surface area contributed by atoms with E-state index in [1.54, 1.807) is 0 Å². The molecule has 0 rings (SSSR count). The van der Waals surface area contributed by atoms with Crippen LogP contribution < -0.4 is 5.32 Å². The summed E-state index contributed by atoms with van der Waals surface area (Å²) in [4.78, 5) is 0. The zero-order chi connectivity index (χ0) is 11.2. The van der Waals surface area contributed by atoms with Crippen LogP contribution in [-0.4, -0.2) is 13.1 Å². The average Bonchev–Trinajstić information content (AvgIpc) is 2.10. The van der Waals surface area contributed by atoms with Crippen LogP contribution in [0.4, 0.5) is 0 Å². The van der Waals surface area contributed by atoms with Crippen LogP contribution in [-0.2, 0) is 0 Å². The largest absolute Gasteiger partial charge is 0.317 e. The van der Waals surface area contributed by atoms with E-state index in [-0.39, 0.29) is 0 Å². The standard InChI is InChI=1S/C13H27N/c1-7-8-9-12(14-6)10-11(2)13(3,4)5/h7,11-12,14H,1,8-10H2,2-6H3. The molecular formula is C13H27N. The van der Waals surface area contributed by atoms with Gasteiger partial charge in [0.05, 0.1) is 0 Å². The molecule has 0 heterocycles. The summed E-state index contributed by atoms with van der Waals surface area (Å²) in [5.41, 5.74) is 0.420. The summed E-state index contributed by atoms with van der Waals surface area (Å²) < 4.78 is 0. The first kappa shape index (κ1) is 13.7. The second-order valence-electron chi connectivity index (χ2n) is 5.35. The van der Waals surface area contributed by atoms with Crippen LogP contribution in [0.3, 0.4) is 0 Å². The maximum Gasteiger partial charge on any atom is 0.00697 e. The Morgan fingerprint density at radius 2 is 1.93 bits per heavy atom. The Morgan fingerprint density at radius 3 is 2.29 bits per heavy atom. The van der Waals surface area contributed by atoms with E-state index in [9.17, 15) is 0 Å². The molecule has 2 unspecified atom stereocenters. The maximum absolute atomic E-state index is 3.77. The van der Waals surface area contributed by atoms with Gasteiger partial charge in [-0.15, -0.1) is 6.58 Å². The van der Waals surface area contributed by atoms with Crippen LogP contribution in [0.1, 0.15) is 47.0 Å². The van der Waals surface area contributed by atoms with Crippen LogP contribution in [0.5, 0.6) is 0 Å². The molecule has 0 fully saturated rings. The van der Waals surface area contributed by atoms with Crippen molar-refractivity contribution < 1.29 is 0 Å². The van der Waals surface area contributed by atoms with E-state index < -0.39 is 0 Å². The molecule has 1 heteroatoms. The summed E-state index contributed by atoms with van der Waals surface area (Å²) in [6.45, 7) is 13.1. The lowest BCUT2D eigenvalue weighted by atomic mass is 9.78. The van der Waals surface area contributed by atoms with Crippen molar-refractivity contribution in [2.24, 2.45) is 11.3 Å². The Balaban J connectivity index is 3.97. The van der Waals surface area contributed by atoms with Gasteiger partial charge in [0.2, 0.25) is 0 Å². The minimum absolute atomic E-state index is 0.420. The number of nitrogens with one attached hydrogen (secondary N) is 1. The molecule has 0 radical (unpaired) electrons. The normalized spacial score (nSPS) is 16.4. The van der Waals surface area contributed by atoms with Gasteiger partial charge in [0.25, 0.3) is 0 Å². The summed E-state index contributed by atoms with van der Waals surface area (Å²) in [7, 11) is 2.06. The third-order valence-corrected chi connectivity index (χ3v) is 3.24. The van der Waals surface area contributed by atoms with E-state index in [1.165, 1.54) is 12.8 Å². The molecule has 1 nitrogen and oxygen atoms in total. The topological polar surface area (TPSA) is 12.0 Å². The van der Waals surface area contributed by atoms with Gasteiger partial charge in [-0.3, -0.25) is 0 Å². The molecule has 0 aliphatic carbocycles. The summed E-state index contributed by atoms with van der Waals surface area (Å²) >= 11 is 0. The van der Waals surface area contributed by atoms with E-state index in [4.69, 9.17) is 0 Å². The molecule has 1 N–H and O–H groups in total. The van der Waals surface area contributed by atoms with Crippen LogP contribution in [0.15, 0.2) is 12.7 Å². The van der Waals surface area contributed by atoms with E-state index >= 15 is 0 Å². The summed E-state index contributed by atoms with van der Waals surface area (Å²) in [6, 6.07) is 0.641. The molecule has 0 aromatic heterocycles. The van der Waals surface area contributed by atoms with E-state index in [1.807, 2.05) is 6.08 Å². The summed E-state index contributed by atoms with van der Waals surface area (Å²) in [5.74, 6) is 0.754. The van der Waals surface area contributed by atoms with Gasteiger partial charge in [0.1, 0.15) is 0 Å². The lowest BCUT2D eigenvalue weighted by Crippen LogP contribution is -2.31. The van der Waals surface area contributed by atoms with E-state index in [0.717, 1.165) is 12.3 Å². The zero-order valence-electron chi connectivity index (χ0n) is 10.6. The predicted molar refractivity (Wildman–Crippen MR) is 65.5 cm³/mol. The highest BCUT2D eigenvalue weighted by Crippen LogP contribution is 2.29. The smallest absolute Gasteiger partial charge is 0.00697 e. The van der Waals surface area contributed by atoms with Gasteiger partial charge >= 0.3 is 0 Å². The van der Waals surface area contributed by atoms with Gasteiger partial charge in [-0.2, -0.15) is 0 Å². The third kappa shape index (κ3) is 5.43. The third-order valence-electron chi connectivity index (χ3n) is 3.24. The van der Waals surface area contributed by atoms with Crippen LogP contribution in [0.2, 0.25) is 0 Å². The number of hydrogen-bond donors (Lipinski definition) is 1. The van der Waals surface area contributed by atoms with Crippen molar-refractivity contribution >= 4 is 0 Å². The van der Waals surface area contributed by atoms with Gasteiger partial charge in [-0.05, 0) is 37.6 Å². The van der Waals surface area contributed by atoms with Crippen LogP contribution in [0.25, 0.3) is 0 Å². The molecule has 0 aliphatic rings. The Morgan fingerprint density at radius 1 is 1.36 bits per heavy atom. The molecule has 0 saturated heterocycles. The Hall–Kier alpha value is -0.300. The fourth-order valence-corrected chi connectivity index (χ4v) is 1.48. The monoisotopic (exact) mass is 197 g/mol. The van der Waals surface area contributed by atoms with Gasteiger partial charge in [-0.1, -0.05) is 33.8 Å².